The Hall–Kier alpha value is -2.07. The van der Waals surface area contributed by atoms with Gasteiger partial charge in [0.2, 0.25) is 0 Å². The minimum Gasteiger partial charge on any atom is -0.465 e. The molecule has 0 amide bonds. The van der Waals surface area contributed by atoms with E-state index in [1.165, 1.54) is 30.5 Å². The molecule has 1 aromatic carbocycles. The minimum absolute atomic E-state index is 0.346. The SMILES string of the molecule is O=CC(=Cc1cc(=S)cco1)c1ccc(F)cc1. The molecule has 1 aromatic heterocycles. The van der Waals surface area contributed by atoms with Gasteiger partial charge in [-0.15, -0.1) is 0 Å². The average Bonchev–Trinajstić information content (AvgIpc) is 2.37. The first-order valence-electron chi connectivity index (χ1n) is 5.21. The Labute approximate surface area is 108 Å². The van der Waals surface area contributed by atoms with Crippen molar-refractivity contribution in [1.82, 2.24) is 0 Å². The van der Waals surface area contributed by atoms with Gasteiger partial charge in [-0.25, -0.2) is 4.39 Å². The van der Waals surface area contributed by atoms with Gasteiger partial charge < -0.3 is 4.42 Å². The third-order valence-corrected chi connectivity index (χ3v) is 2.58. The maximum absolute atomic E-state index is 12.8. The van der Waals surface area contributed by atoms with Crippen molar-refractivity contribution in [1.29, 1.82) is 0 Å². The summed E-state index contributed by atoms with van der Waals surface area (Å²) in [6.07, 6.45) is 3.72. The fraction of sp³-hybridized carbons (Fsp3) is 0. The van der Waals surface area contributed by atoms with Crippen LogP contribution < -0.4 is 0 Å². The molecule has 2 rings (SSSR count). The van der Waals surface area contributed by atoms with Crippen LogP contribution in [-0.2, 0) is 4.79 Å². The summed E-state index contributed by atoms with van der Waals surface area (Å²) in [6, 6.07) is 8.95. The molecular weight excluding hydrogens is 251 g/mol. The lowest BCUT2D eigenvalue weighted by molar-refractivity contribution is -0.103. The molecule has 0 fully saturated rings. The standard InChI is InChI=1S/C14H9FO2S/c15-12-3-1-10(2-4-12)11(9-16)7-13-8-14(18)5-6-17-13/h1-9H. The zero-order valence-electron chi connectivity index (χ0n) is 9.30. The van der Waals surface area contributed by atoms with E-state index in [2.05, 4.69) is 0 Å². The number of carbonyl (C=O) groups excluding carboxylic acids is 1. The molecule has 1 heterocycles. The molecule has 0 saturated heterocycles. The second kappa shape index (κ2) is 5.51. The van der Waals surface area contributed by atoms with Crippen LogP contribution in [0.4, 0.5) is 4.39 Å². The fourth-order valence-electron chi connectivity index (χ4n) is 1.46. The molecular formula is C14H9FO2S. The summed E-state index contributed by atoms with van der Waals surface area (Å²) in [7, 11) is 0. The van der Waals surface area contributed by atoms with Crippen molar-refractivity contribution in [2.45, 2.75) is 0 Å². The Morgan fingerprint density at radius 3 is 2.56 bits per heavy atom. The van der Waals surface area contributed by atoms with Crippen molar-refractivity contribution in [2.75, 3.05) is 0 Å². The number of aldehydes is 1. The number of halogens is 1. The third-order valence-electron chi connectivity index (χ3n) is 2.32. The van der Waals surface area contributed by atoms with Crippen LogP contribution in [0.1, 0.15) is 11.3 Å². The van der Waals surface area contributed by atoms with Crippen molar-refractivity contribution in [3.05, 3.63) is 64.3 Å². The van der Waals surface area contributed by atoms with Crippen molar-refractivity contribution >= 4 is 30.2 Å². The van der Waals surface area contributed by atoms with E-state index in [0.29, 0.717) is 27.7 Å². The Bertz CT molecular complexity index is 641. The molecule has 0 aliphatic rings. The first-order chi connectivity index (χ1) is 8.69. The van der Waals surface area contributed by atoms with E-state index >= 15 is 0 Å². The molecule has 0 aliphatic carbocycles. The number of carbonyl (C=O) groups is 1. The maximum atomic E-state index is 12.8. The van der Waals surface area contributed by atoms with Gasteiger partial charge in [-0.2, -0.15) is 0 Å². The first kappa shape index (κ1) is 12.4. The summed E-state index contributed by atoms with van der Waals surface area (Å²) in [6.45, 7) is 0. The first-order valence-corrected chi connectivity index (χ1v) is 5.61. The average molecular weight is 260 g/mol. The monoisotopic (exact) mass is 260 g/mol. The van der Waals surface area contributed by atoms with Gasteiger partial charge in [0.1, 0.15) is 11.6 Å². The molecule has 0 aliphatic heterocycles. The van der Waals surface area contributed by atoms with Crippen LogP contribution in [-0.4, -0.2) is 6.29 Å². The molecule has 0 atom stereocenters. The van der Waals surface area contributed by atoms with E-state index in [4.69, 9.17) is 16.6 Å². The smallest absolute Gasteiger partial charge is 0.150 e. The fourth-order valence-corrected chi connectivity index (χ4v) is 1.63. The normalized spacial score (nSPS) is 11.3. The van der Waals surface area contributed by atoms with Crippen LogP contribution in [0.2, 0.25) is 0 Å². The molecule has 0 bridgehead atoms. The van der Waals surface area contributed by atoms with Crippen LogP contribution in [0.5, 0.6) is 0 Å². The predicted octanol–water partition coefficient (Wildman–Crippen LogP) is 3.89. The van der Waals surface area contributed by atoms with Gasteiger partial charge in [0.25, 0.3) is 0 Å². The Morgan fingerprint density at radius 1 is 1.22 bits per heavy atom. The maximum Gasteiger partial charge on any atom is 0.150 e. The highest BCUT2D eigenvalue weighted by Gasteiger charge is 2.02. The van der Waals surface area contributed by atoms with Crippen molar-refractivity contribution < 1.29 is 13.6 Å². The molecule has 18 heavy (non-hydrogen) atoms. The third kappa shape index (κ3) is 2.99. The lowest BCUT2D eigenvalue weighted by Gasteiger charge is -2.00. The van der Waals surface area contributed by atoms with E-state index in [0.717, 1.165) is 0 Å². The molecule has 4 heteroatoms. The van der Waals surface area contributed by atoms with Gasteiger partial charge in [0.15, 0.2) is 6.29 Å². The Morgan fingerprint density at radius 2 is 1.94 bits per heavy atom. The van der Waals surface area contributed by atoms with Gasteiger partial charge >= 0.3 is 0 Å². The number of hydrogen-bond acceptors (Lipinski definition) is 3. The molecule has 0 spiro atoms. The Kier molecular flexibility index (Phi) is 3.79. The summed E-state index contributed by atoms with van der Waals surface area (Å²) < 4.78 is 18.6. The summed E-state index contributed by atoms with van der Waals surface area (Å²) in [4.78, 5) is 11.0. The summed E-state index contributed by atoms with van der Waals surface area (Å²) in [5.74, 6) is 0.134. The molecule has 2 nitrogen and oxygen atoms in total. The predicted molar refractivity (Wildman–Crippen MR) is 69.9 cm³/mol. The van der Waals surface area contributed by atoms with E-state index in [1.807, 2.05) is 0 Å². The van der Waals surface area contributed by atoms with Crippen LogP contribution in [0.25, 0.3) is 11.6 Å². The van der Waals surface area contributed by atoms with E-state index < -0.39 is 0 Å². The molecule has 2 aromatic rings. The topological polar surface area (TPSA) is 30.2 Å². The van der Waals surface area contributed by atoms with Crippen molar-refractivity contribution in [3.8, 4) is 0 Å². The molecule has 0 N–H and O–H groups in total. The molecule has 0 radical (unpaired) electrons. The largest absolute Gasteiger partial charge is 0.465 e. The number of benzene rings is 1. The van der Waals surface area contributed by atoms with Crippen molar-refractivity contribution in [3.63, 3.8) is 0 Å². The summed E-state index contributed by atoms with van der Waals surface area (Å²) in [5.41, 5.74) is 1.02. The van der Waals surface area contributed by atoms with E-state index in [-0.39, 0.29) is 5.82 Å². The van der Waals surface area contributed by atoms with Crippen molar-refractivity contribution in [2.24, 2.45) is 0 Å². The van der Waals surface area contributed by atoms with Gasteiger partial charge in [-0.3, -0.25) is 4.79 Å². The second-order valence-corrected chi connectivity index (χ2v) is 4.07. The van der Waals surface area contributed by atoms with Crippen LogP contribution in [0.15, 0.2) is 47.1 Å². The number of hydrogen-bond donors (Lipinski definition) is 0. The minimum atomic E-state index is -0.346. The molecule has 0 unspecified atom stereocenters. The number of rotatable bonds is 3. The lowest BCUT2D eigenvalue weighted by Crippen LogP contribution is -1.86. The second-order valence-electron chi connectivity index (χ2n) is 3.59. The number of allylic oxidation sites excluding steroid dienone is 1. The quantitative estimate of drug-likeness (QED) is 0.476. The summed E-state index contributed by atoms with van der Waals surface area (Å²) in [5, 5.41) is 0. The zero-order chi connectivity index (χ0) is 13.0. The highest BCUT2D eigenvalue weighted by atomic mass is 32.1. The van der Waals surface area contributed by atoms with Gasteiger partial charge in [-0.1, -0.05) is 24.4 Å². The zero-order valence-corrected chi connectivity index (χ0v) is 10.1. The van der Waals surface area contributed by atoms with Gasteiger partial charge in [0, 0.05) is 10.1 Å². The van der Waals surface area contributed by atoms with E-state index in [1.54, 1.807) is 18.2 Å². The summed E-state index contributed by atoms with van der Waals surface area (Å²) >= 11 is 5.00. The Balaban J connectivity index is 2.42. The van der Waals surface area contributed by atoms with Crippen LogP contribution >= 0.6 is 12.2 Å². The highest BCUT2D eigenvalue weighted by Crippen LogP contribution is 2.17. The van der Waals surface area contributed by atoms with Gasteiger partial charge in [-0.05, 0) is 35.9 Å². The lowest BCUT2D eigenvalue weighted by atomic mass is 10.1. The van der Waals surface area contributed by atoms with Gasteiger partial charge in [0.05, 0.1) is 6.26 Å². The highest BCUT2D eigenvalue weighted by molar-refractivity contribution is 7.71. The molecule has 90 valence electrons. The molecule has 0 saturated carbocycles. The van der Waals surface area contributed by atoms with E-state index in [9.17, 15) is 9.18 Å². The van der Waals surface area contributed by atoms with Crippen LogP contribution in [0.3, 0.4) is 0 Å². The van der Waals surface area contributed by atoms with Crippen LogP contribution in [0, 0.1) is 10.3 Å².